The summed E-state index contributed by atoms with van der Waals surface area (Å²) in [6, 6.07) is 0. The maximum Gasteiger partial charge on any atom is 0.309 e. The van der Waals surface area contributed by atoms with Crippen LogP contribution in [0, 0.1) is 11.3 Å². The van der Waals surface area contributed by atoms with Crippen molar-refractivity contribution in [2.24, 2.45) is 11.3 Å². The van der Waals surface area contributed by atoms with Gasteiger partial charge in [-0.3, -0.25) is 4.79 Å². The Labute approximate surface area is 112 Å². The van der Waals surface area contributed by atoms with Gasteiger partial charge in [-0.15, -0.1) is 0 Å². The first-order chi connectivity index (χ1) is 8.61. The highest BCUT2D eigenvalue weighted by molar-refractivity contribution is 5.75. The molecule has 0 aliphatic heterocycles. The molecule has 0 bridgehead atoms. The van der Waals surface area contributed by atoms with Gasteiger partial charge >= 0.3 is 5.97 Å². The molecule has 2 nitrogen and oxygen atoms in total. The lowest BCUT2D eigenvalue weighted by Gasteiger charge is -2.24. The molecule has 0 aromatic carbocycles. The van der Waals surface area contributed by atoms with Crippen LogP contribution in [0.25, 0.3) is 0 Å². The van der Waals surface area contributed by atoms with E-state index in [0.29, 0.717) is 5.92 Å². The maximum absolute atomic E-state index is 11.3. The first-order valence-electron chi connectivity index (χ1n) is 7.84. The third-order valence-corrected chi connectivity index (χ3v) is 4.52. The number of hydrogen-bond donors (Lipinski definition) is 1. The molecule has 0 saturated heterocycles. The van der Waals surface area contributed by atoms with Crippen molar-refractivity contribution in [2.75, 3.05) is 0 Å². The van der Waals surface area contributed by atoms with Crippen LogP contribution in [0.4, 0.5) is 0 Å². The van der Waals surface area contributed by atoms with E-state index in [-0.39, 0.29) is 0 Å². The van der Waals surface area contributed by atoms with Gasteiger partial charge in [-0.1, -0.05) is 58.3 Å². The van der Waals surface area contributed by atoms with E-state index in [1.54, 1.807) is 0 Å². The van der Waals surface area contributed by atoms with E-state index in [1.165, 1.54) is 44.9 Å². The van der Waals surface area contributed by atoms with Crippen molar-refractivity contribution in [1.29, 1.82) is 0 Å². The predicted molar refractivity (Wildman–Crippen MR) is 75.7 cm³/mol. The Morgan fingerprint density at radius 3 is 2.00 bits per heavy atom. The molecule has 1 fully saturated rings. The second-order valence-corrected chi connectivity index (χ2v) is 6.22. The summed E-state index contributed by atoms with van der Waals surface area (Å²) in [4.78, 5) is 11.3. The average Bonchev–Trinajstić information content (AvgIpc) is 3.16. The third-order valence-electron chi connectivity index (χ3n) is 4.52. The molecule has 1 saturated carbocycles. The van der Waals surface area contributed by atoms with Crippen molar-refractivity contribution >= 4 is 5.97 Å². The predicted octanol–water partition coefficient (Wildman–Crippen LogP) is 5.02. The monoisotopic (exact) mass is 254 g/mol. The maximum atomic E-state index is 11.3. The lowest BCUT2D eigenvalue weighted by atomic mass is 9.80. The summed E-state index contributed by atoms with van der Waals surface area (Å²) in [5.41, 5.74) is -0.428. The summed E-state index contributed by atoms with van der Waals surface area (Å²) >= 11 is 0. The van der Waals surface area contributed by atoms with Crippen LogP contribution in [0.5, 0.6) is 0 Å². The molecule has 106 valence electrons. The van der Waals surface area contributed by atoms with Gasteiger partial charge in [-0.2, -0.15) is 0 Å². The summed E-state index contributed by atoms with van der Waals surface area (Å²) in [7, 11) is 0. The topological polar surface area (TPSA) is 37.3 Å². The number of carboxylic acid groups (broad SMARTS) is 1. The van der Waals surface area contributed by atoms with Crippen LogP contribution in [0.3, 0.4) is 0 Å². The van der Waals surface area contributed by atoms with Crippen molar-refractivity contribution in [3.8, 4) is 0 Å². The lowest BCUT2D eigenvalue weighted by Crippen LogP contribution is -2.29. The molecule has 0 aromatic rings. The van der Waals surface area contributed by atoms with Gasteiger partial charge in [0.25, 0.3) is 0 Å². The van der Waals surface area contributed by atoms with Crippen LogP contribution >= 0.6 is 0 Å². The molecule has 0 aromatic heterocycles. The van der Waals surface area contributed by atoms with Crippen molar-refractivity contribution in [2.45, 2.75) is 84.5 Å². The van der Waals surface area contributed by atoms with Gasteiger partial charge in [0, 0.05) is 0 Å². The number of carboxylic acids is 1. The molecule has 0 heterocycles. The molecule has 0 radical (unpaired) electrons. The molecule has 1 unspecified atom stereocenters. The zero-order chi connectivity index (χ0) is 13.4. The molecule has 1 aliphatic carbocycles. The molecule has 0 spiro atoms. The highest BCUT2D eigenvalue weighted by Crippen LogP contribution is 2.48. The SMILES string of the molecule is CCCCCCCCCCC(C)(C(=O)O)C1CC1. The normalized spacial score (nSPS) is 18.6. The van der Waals surface area contributed by atoms with Crippen LogP contribution in [-0.2, 0) is 4.79 Å². The number of carbonyl (C=O) groups is 1. The van der Waals surface area contributed by atoms with Gasteiger partial charge in [0.15, 0.2) is 0 Å². The van der Waals surface area contributed by atoms with Crippen LogP contribution in [-0.4, -0.2) is 11.1 Å². The summed E-state index contributed by atoms with van der Waals surface area (Å²) < 4.78 is 0. The number of unbranched alkanes of at least 4 members (excludes halogenated alkanes) is 7. The molecule has 1 atom stereocenters. The second kappa shape index (κ2) is 7.81. The quantitative estimate of drug-likeness (QED) is 0.526. The number of aliphatic carboxylic acids is 1. The average molecular weight is 254 g/mol. The van der Waals surface area contributed by atoms with Crippen LogP contribution in [0.1, 0.15) is 84.5 Å². The van der Waals surface area contributed by atoms with E-state index in [1.807, 2.05) is 6.92 Å². The summed E-state index contributed by atoms with van der Waals surface area (Å²) in [6.45, 7) is 4.19. The van der Waals surface area contributed by atoms with Gasteiger partial charge in [-0.25, -0.2) is 0 Å². The Morgan fingerprint density at radius 1 is 1.06 bits per heavy atom. The molecule has 2 heteroatoms. The standard InChI is InChI=1S/C16H30O2/c1-3-4-5-6-7-8-9-10-13-16(2,15(17)18)14-11-12-14/h14H,3-13H2,1-2H3,(H,17,18). The largest absolute Gasteiger partial charge is 0.481 e. The lowest BCUT2D eigenvalue weighted by molar-refractivity contribution is -0.149. The van der Waals surface area contributed by atoms with Crippen LogP contribution < -0.4 is 0 Å². The molecule has 1 rings (SSSR count). The summed E-state index contributed by atoms with van der Waals surface area (Å²) in [6.07, 6.45) is 13.4. The minimum atomic E-state index is -0.576. The highest BCUT2D eigenvalue weighted by atomic mass is 16.4. The fourth-order valence-corrected chi connectivity index (χ4v) is 2.83. The van der Waals surface area contributed by atoms with Crippen molar-refractivity contribution in [3.05, 3.63) is 0 Å². The van der Waals surface area contributed by atoms with Gasteiger partial charge in [0.2, 0.25) is 0 Å². The van der Waals surface area contributed by atoms with E-state index in [4.69, 9.17) is 0 Å². The molecular formula is C16H30O2. The fourth-order valence-electron chi connectivity index (χ4n) is 2.83. The van der Waals surface area contributed by atoms with Gasteiger partial charge < -0.3 is 5.11 Å². The second-order valence-electron chi connectivity index (χ2n) is 6.22. The van der Waals surface area contributed by atoms with Crippen molar-refractivity contribution in [3.63, 3.8) is 0 Å². The van der Waals surface area contributed by atoms with Gasteiger partial charge in [-0.05, 0) is 32.1 Å². The first-order valence-corrected chi connectivity index (χ1v) is 7.84. The van der Waals surface area contributed by atoms with Crippen molar-refractivity contribution < 1.29 is 9.90 Å². The van der Waals surface area contributed by atoms with Crippen molar-refractivity contribution in [1.82, 2.24) is 0 Å². The Hall–Kier alpha value is -0.530. The molecule has 0 amide bonds. The zero-order valence-corrected chi connectivity index (χ0v) is 12.2. The van der Waals surface area contributed by atoms with E-state index in [2.05, 4.69) is 6.92 Å². The number of hydrogen-bond acceptors (Lipinski definition) is 1. The third kappa shape index (κ3) is 4.99. The number of rotatable bonds is 11. The summed E-state index contributed by atoms with van der Waals surface area (Å²) in [5.74, 6) is -0.118. The first kappa shape index (κ1) is 15.5. The van der Waals surface area contributed by atoms with E-state index < -0.39 is 11.4 Å². The minimum absolute atomic E-state index is 0.428. The molecule has 1 N–H and O–H groups in total. The Kier molecular flexibility index (Phi) is 6.73. The minimum Gasteiger partial charge on any atom is -0.481 e. The highest BCUT2D eigenvalue weighted by Gasteiger charge is 2.46. The Morgan fingerprint density at radius 2 is 1.56 bits per heavy atom. The fraction of sp³-hybridized carbons (Fsp3) is 0.938. The van der Waals surface area contributed by atoms with E-state index in [0.717, 1.165) is 25.7 Å². The van der Waals surface area contributed by atoms with E-state index in [9.17, 15) is 9.90 Å². The van der Waals surface area contributed by atoms with Crippen LogP contribution in [0.2, 0.25) is 0 Å². The smallest absolute Gasteiger partial charge is 0.309 e. The summed E-state index contributed by atoms with van der Waals surface area (Å²) in [5, 5.41) is 9.34. The molecule has 1 aliphatic rings. The molecule has 18 heavy (non-hydrogen) atoms. The zero-order valence-electron chi connectivity index (χ0n) is 12.2. The molecular weight excluding hydrogens is 224 g/mol. The van der Waals surface area contributed by atoms with Gasteiger partial charge in [0.05, 0.1) is 5.41 Å². The van der Waals surface area contributed by atoms with Gasteiger partial charge in [0.1, 0.15) is 0 Å². The van der Waals surface area contributed by atoms with E-state index >= 15 is 0 Å². The Balaban J connectivity index is 2.04. The van der Waals surface area contributed by atoms with Crippen LogP contribution in [0.15, 0.2) is 0 Å². The Bertz CT molecular complexity index is 245.